The van der Waals surface area contributed by atoms with E-state index in [-0.39, 0.29) is 11.8 Å². The minimum Gasteiger partial charge on any atom is -0.492 e. The molecule has 0 radical (unpaired) electrons. The number of hydrogen-bond acceptors (Lipinski definition) is 2. The van der Waals surface area contributed by atoms with E-state index in [1.165, 1.54) is 0 Å². The molecular formula is C18H19NO2. The van der Waals surface area contributed by atoms with Gasteiger partial charge in [0.2, 0.25) is 5.91 Å². The molecule has 0 spiro atoms. The van der Waals surface area contributed by atoms with Crippen molar-refractivity contribution in [1.82, 2.24) is 0 Å². The van der Waals surface area contributed by atoms with Crippen LogP contribution in [0.4, 0.5) is 5.69 Å². The summed E-state index contributed by atoms with van der Waals surface area (Å²) in [5.74, 6) is 0.797. The lowest BCUT2D eigenvalue weighted by Crippen LogP contribution is -2.32. The average molecular weight is 281 g/mol. The molecule has 0 saturated carbocycles. The number of aryl methyl sites for hydroxylation is 1. The third-order valence-corrected chi connectivity index (χ3v) is 3.91. The maximum absolute atomic E-state index is 12.5. The monoisotopic (exact) mass is 281 g/mol. The number of anilines is 1. The molecule has 2 aromatic rings. The van der Waals surface area contributed by atoms with Crippen LogP contribution in [0.2, 0.25) is 0 Å². The lowest BCUT2D eigenvalue weighted by Gasteiger charge is -2.24. The van der Waals surface area contributed by atoms with Crippen molar-refractivity contribution >= 4 is 11.6 Å². The molecule has 0 fully saturated rings. The Labute approximate surface area is 124 Å². The SMILES string of the molecule is CCc1ccccc1NC(=O)[C@H]1COc2ccccc2C1. The van der Waals surface area contributed by atoms with E-state index < -0.39 is 0 Å². The van der Waals surface area contributed by atoms with Crippen molar-refractivity contribution in [2.24, 2.45) is 5.92 Å². The summed E-state index contributed by atoms with van der Waals surface area (Å²) >= 11 is 0. The van der Waals surface area contributed by atoms with Crippen LogP contribution >= 0.6 is 0 Å². The minimum atomic E-state index is -0.134. The zero-order valence-corrected chi connectivity index (χ0v) is 12.1. The molecule has 0 unspecified atom stereocenters. The number of carbonyl (C=O) groups excluding carboxylic acids is 1. The Morgan fingerprint density at radius 3 is 2.81 bits per heavy atom. The maximum atomic E-state index is 12.5. The topological polar surface area (TPSA) is 38.3 Å². The number of fused-ring (bicyclic) bond motifs is 1. The van der Waals surface area contributed by atoms with Crippen LogP contribution in [0.15, 0.2) is 48.5 Å². The molecule has 21 heavy (non-hydrogen) atoms. The molecule has 108 valence electrons. The van der Waals surface area contributed by atoms with Crippen molar-refractivity contribution < 1.29 is 9.53 Å². The van der Waals surface area contributed by atoms with E-state index in [1.807, 2.05) is 48.5 Å². The second kappa shape index (κ2) is 6.00. The fourth-order valence-corrected chi connectivity index (χ4v) is 2.68. The predicted molar refractivity (Wildman–Crippen MR) is 83.6 cm³/mol. The van der Waals surface area contributed by atoms with Crippen LogP contribution in [0.25, 0.3) is 0 Å². The number of benzene rings is 2. The summed E-state index contributed by atoms with van der Waals surface area (Å²) in [6.45, 7) is 2.53. The Balaban J connectivity index is 1.72. The standard InChI is InChI=1S/C18H19NO2/c1-2-13-7-3-5-9-16(13)19-18(20)15-11-14-8-4-6-10-17(14)21-12-15/h3-10,15H,2,11-12H2,1H3,(H,19,20)/t15-/m1/s1. The van der Waals surface area contributed by atoms with Gasteiger partial charge in [0.25, 0.3) is 0 Å². The van der Waals surface area contributed by atoms with Crippen LogP contribution in [0.5, 0.6) is 5.75 Å². The predicted octanol–water partition coefficient (Wildman–Crippen LogP) is 3.44. The molecule has 2 aromatic carbocycles. The van der Waals surface area contributed by atoms with Crippen molar-refractivity contribution in [2.75, 3.05) is 11.9 Å². The van der Waals surface area contributed by atoms with E-state index in [4.69, 9.17) is 4.74 Å². The Bertz CT molecular complexity index is 651. The quantitative estimate of drug-likeness (QED) is 0.936. The fraction of sp³-hybridized carbons (Fsp3) is 0.278. The van der Waals surface area contributed by atoms with E-state index in [0.717, 1.165) is 35.4 Å². The number of para-hydroxylation sites is 2. The molecule has 0 aromatic heterocycles. The van der Waals surface area contributed by atoms with E-state index >= 15 is 0 Å². The zero-order chi connectivity index (χ0) is 14.7. The second-order valence-corrected chi connectivity index (χ2v) is 5.32. The summed E-state index contributed by atoms with van der Waals surface area (Å²) < 4.78 is 5.69. The van der Waals surface area contributed by atoms with Gasteiger partial charge in [-0.2, -0.15) is 0 Å². The Morgan fingerprint density at radius 1 is 1.19 bits per heavy atom. The summed E-state index contributed by atoms with van der Waals surface area (Å²) in [7, 11) is 0. The number of nitrogens with one attached hydrogen (secondary N) is 1. The minimum absolute atomic E-state index is 0.0328. The summed E-state index contributed by atoms with van der Waals surface area (Å²) in [6, 6.07) is 15.8. The van der Waals surface area contributed by atoms with Crippen molar-refractivity contribution in [3.63, 3.8) is 0 Å². The lowest BCUT2D eigenvalue weighted by atomic mass is 9.96. The van der Waals surface area contributed by atoms with Gasteiger partial charge in [-0.3, -0.25) is 4.79 Å². The van der Waals surface area contributed by atoms with Crippen molar-refractivity contribution in [1.29, 1.82) is 0 Å². The van der Waals surface area contributed by atoms with E-state index in [2.05, 4.69) is 12.2 Å². The lowest BCUT2D eigenvalue weighted by molar-refractivity contribution is -0.121. The van der Waals surface area contributed by atoms with Crippen LogP contribution in [0, 0.1) is 5.92 Å². The van der Waals surface area contributed by atoms with Gasteiger partial charge in [0.05, 0.1) is 5.92 Å². The van der Waals surface area contributed by atoms with Crippen LogP contribution < -0.4 is 10.1 Å². The first kappa shape index (κ1) is 13.7. The number of ether oxygens (including phenoxy) is 1. The van der Waals surface area contributed by atoms with Gasteiger partial charge in [0, 0.05) is 5.69 Å². The first-order valence-corrected chi connectivity index (χ1v) is 7.37. The molecule has 1 aliphatic rings. The third-order valence-electron chi connectivity index (χ3n) is 3.91. The van der Waals surface area contributed by atoms with Gasteiger partial charge >= 0.3 is 0 Å². The number of carbonyl (C=O) groups is 1. The van der Waals surface area contributed by atoms with E-state index in [9.17, 15) is 4.79 Å². The number of rotatable bonds is 3. The number of hydrogen-bond donors (Lipinski definition) is 1. The van der Waals surface area contributed by atoms with Gasteiger partial charge in [0.1, 0.15) is 12.4 Å². The third kappa shape index (κ3) is 2.92. The van der Waals surface area contributed by atoms with Crippen molar-refractivity contribution in [2.45, 2.75) is 19.8 Å². The molecule has 1 amide bonds. The number of amides is 1. The normalized spacial score (nSPS) is 16.7. The van der Waals surface area contributed by atoms with Crippen LogP contribution in [0.3, 0.4) is 0 Å². The van der Waals surface area contributed by atoms with Gasteiger partial charge in [-0.25, -0.2) is 0 Å². The molecule has 0 bridgehead atoms. The first-order chi connectivity index (χ1) is 10.3. The van der Waals surface area contributed by atoms with Gasteiger partial charge in [-0.15, -0.1) is 0 Å². The van der Waals surface area contributed by atoms with Gasteiger partial charge in [-0.05, 0) is 36.1 Å². The van der Waals surface area contributed by atoms with Gasteiger partial charge < -0.3 is 10.1 Å². The fourth-order valence-electron chi connectivity index (χ4n) is 2.68. The Morgan fingerprint density at radius 2 is 1.95 bits per heavy atom. The molecule has 0 aliphatic carbocycles. The molecule has 3 heteroatoms. The molecule has 3 rings (SSSR count). The smallest absolute Gasteiger partial charge is 0.231 e. The highest BCUT2D eigenvalue weighted by Crippen LogP contribution is 2.27. The molecule has 1 atom stereocenters. The average Bonchev–Trinajstić information content (AvgIpc) is 2.55. The summed E-state index contributed by atoms with van der Waals surface area (Å²) in [6.07, 6.45) is 1.64. The van der Waals surface area contributed by atoms with E-state index in [0.29, 0.717) is 6.61 Å². The molecule has 0 saturated heterocycles. The summed E-state index contributed by atoms with van der Waals surface area (Å²) in [5, 5.41) is 3.04. The van der Waals surface area contributed by atoms with Crippen molar-refractivity contribution in [3.05, 3.63) is 59.7 Å². The molecule has 1 heterocycles. The Kier molecular flexibility index (Phi) is 3.91. The van der Waals surface area contributed by atoms with Gasteiger partial charge in [-0.1, -0.05) is 43.3 Å². The van der Waals surface area contributed by atoms with Crippen LogP contribution in [-0.4, -0.2) is 12.5 Å². The van der Waals surface area contributed by atoms with Crippen molar-refractivity contribution in [3.8, 4) is 5.75 Å². The highest BCUT2D eigenvalue weighted by molar-refractivity contribution is 5.93. The molecule has 3 nitrogen and oxygen atoms in total. The van der Waals surface area contributed by atoms with Crippen LogP contribution in [0.1, 0.15) is 18.1 Å². The van der Waals surface area contributed by atoms with Crippen LogP contribution in [-0.2, 0) is 17.6 Å². The maximum Gasteiger partial charge on any atom is 0.231 e. The highest BCUT2D eigenvalue weighted by atomic mass is 16.5. The highest BCUT2D eigenvalue weighted by Gasteiger charge is 2.26. The zero-order valence-electron chi connectivity index (χ0n) is 12.1. The summed E-state index contributed by atoms with van der Waals surface area (Å²) in [4.78, 5) is 12.5. The van der Waals surface area contributed by atoms with E-state index in [1.54, 1.807) is 0 Å². The molecule has 1 N–H and O–H groups in total. The first-order valence-electron chi connectivity index (χ1n) is 7.37. The summed E-state index contributed by atoms with van der Waals surface area (Å²) in [5.41, 5.74) is 3.17. The molecule has 1 aliphatic heterocycles. The molecular weight excluding hydrogens is 262 g/mol. The van der Waals surface area contributed by atoms with Gasteiger partial charge in [0.15, 0.2) is 0 Å². The largest absolute Gasteiger partial charge is 0.492 e. The Hall–Kier alpha value is -2.29. The second-order valence-electron chi connectivity index (χ2n) is 5.32.